The number of carbonyl (C=O) groups excluding carboxylic acids is 1. The first-order chi connectivity index (χ1) is 23.4. The number of unbranched alkanes of at least 4 members (excludes halogenated alkanes) is 2. The summed E-state index contributed by atoms with van der Waals surface area (Å²) in [6.07, 6.45) is 9.52. The Hall–Kier alpha value is -3.82. The summed E-state index contributed by atoms with van der Waals surface area (Å²) in [6, 6.07) is 25.0. The number of carbonyl (C=O) groups is 2. The third kappa shape index (κ3) is 10.3. The van der Waals surface area contributed by atoms with Gasteiger partial charge in [0.05, 0.1) is 18.8 Å². The van der Waals surface area contributed by atoms with E-state index in [1.54, 1.807) is 0 Å². The predicted molar refractivity (Wildman–Crippen MR) is 187 cm³/mol. The van der Waals surface area contributed by atoms with Crippen LogP contribution in [0.25, 0.3) is 11.1 Å². The van der Waals surface area contributed by atoms with Gasteiger partial charge in [-0.05, 0) is 65.6 Å². The molecule has 1 heterocycles. The zero-order valence-corrected chi connectivity index (χ0v) is 27.9. The van der Waals surface area contributed by atoms with Crippen molar-refractivity contribution in [1.29, 1.82) is 0 Å². The molecule has 5 rings (SSSR count). The molecule has 1 aliphatic heterocycles. The van der Waals surface area contributed by atoms with Crippen LogP contribution in [0.3, 0.4) is 0 Å². The third-order valence-corrected chi connectivity index (χ3v) is 9.46. The van der Waals surface area contributed by atoms with Crippen LogP contribution in [0.15, 0.2) is 85.5 Å². The average molecular weight is 655 g/mol. The number of nitrogens with zero attached hydrogens (tertiary/aromatic N) is 1. The smallest absolute Gasteiger partial charge is 0.303 e. The Morgan fingerprint density at radius 3 is 2.33 bits per heavy atom. The van der Waals surface area contributed by atoms with E-state index in [0.717, 1.165) is 59.3 Å². The molecule has 1 saturated heterocycles. The Bertz CT molecular complexity index is 1490. The number of amides is 1. The number of carboxylic acids is 1. The van der Waals surface area contributed by atoms with Gasteiger partial charge in [-0.3, -0.25) is 14.5 Å². The van der Waals surface area contributed by atoms with Gasteiger partial charge in [-0.15, -0.1) is 6.58 Å². The Kier molecular flexibility index (Phi) is 13.4. The number of hydrogen-bond donors (Lipinski definition) is 3. The van der Waals surface area contributed by atoms with Gasteiger partial charge in [-0.2, -0.15) is 0 Å². The summed E-state index contributed by atoms with van der Waals surface area (Å²) in [5, 5.41) is 21.4. The van der Waals surface area contributed by atoms with Crippen LogP contribution in [0.1, 0.15) is 98.9 Å². The molecule has 3 unspecified atom stereocenters. The summed E-state index contributed by atoms with van der Waals surface area (Å²) < 4.78 is 13.4. The number of rotatable bonds is 17. The Morgan fingerprint density at radius 1 is 0.875 bits per heavy atom. The number of carboxylic acid groups (broad SMARTS) is 1. The highest BCUT2D eigenvalue weighted by Crippen LogP contribution is 2.39. The van der Waals surface area contributed by atoms with Crippen molar-refractivity contribution < 1.29 is 29.3 Å². The molecule has 256 valence electrons. The molecule has 3 N–H and O–H groups in total. The molecule has 0 spiro atoms. The Labute approximate surface area is 284 Å². The van der Waals surface area contributed by atoms with E-state index in [-0.39, 0.29) is 31.1 Å². The maximum Gasteiger partial charge on any atom is 0.303 e. The fourth-order valence-corrected chi connectivity index (χ4v) is 6.86. The largest absolute Gasteiger partial charge is 0.481 e. The fourth-order valence-electron chi connectivity index (χ4n) is 6.86. The van der Waals surface area contributed by atoms with Gasteiger partial charge in [-0.1, -0.05) is 86.0 Å². The van der Waals surface area contributed by atoms with E-state index >= 15 is 0 Å². The van der Waals surface area contributed by atoms with Crippen molar-refractivity contribution >= 4 is 11.9 Å². The highest BCUT2D eigenvalue weighted by atomic mass is 16.7. The molecule has 1 saturated carbocycles. The van der Waals surface area contributed by atoms with Crippen molar-refractivity contribution in [3.8, 4) is 11.1 Å². The van der Waals surface area contributed by atoms with Crippen molar-refractivity contribution in [3.63, 3.8) is 0 Å². The van der Waals surface area contributed by atoms with Crippen molar-refractivity contribution in [2.75, 3.05) is 13.1 Å². The topological polar surface area (TPSA) is 108 Å². The van der Waals surface area contributed by atoms with Gasteiger partial charge in [0.2, 0.25) is 5.91 Å². The Balaban J connectivity index is 1.28. The van der Waals surface area contributed by atoms with Gasteiger partial charge in [0.25, 0.3) is 0 Å². The zero-order valence-electron chi connectivity index (χ0n) is 27.9. The highest BCUT2D eigenvalue weighted by Gasteiger charge is 2.34. The van der Waals surface area contributed by atoms with Crippen LogP contribution in [0.5, 0.6) is 0 Å². The number of aliphatic carboxylic acids is 1. The van der Waals surface area contributed by atoms with E-state index in [1.807, 2.05) is 48.5 Å². The quantitative estimate of drug-likeness (QED) is 0.102. The fraction of sp³-hybridized carbons (Fsp3) is 0.450. The van der Waals surface area contributed by atoms with Gasteiger partial charge in [-0.25, -0.2) is 0 Å². The normalized spacial score (nSPS) is 19.8. The van der Waals surface area contributed by atoms with E-state index < -0.39 is 12.3 Å². The summed E-state index contributed by atoms with van der Waals surface area (Å²) in [5.74, 6) is -0.827. The van der Waals surface area contributed by atoms with Crippen LogP contribution < -0.4 is 5.32 Å². The first kappa shape index (κ1) is 35.5. The van der Waals surface area contributed by atoms with Crippen molar-refractivity contribution in [3.05, 3.63) is 108 Å². The lowest BCUT2D eigenvalue weighted by Crippen LogP contribution is -2.43. The summed E-state index contributed by atoms with van der Waals surface area (Å²) in [6.45, 7) is 6.12. The van der Waals surface area contributed by atoms with Crippen LogP contribution in [-0.2, 0) is 32.2 Å². The molecule has 3 aromatic carbocycles. The zero-order chi connectivity index (χ0) is 33.7. The number of nitrogens with one attached hydrogen (secondary N) is 1. The predicted octanol–water partition coefficient (Wildman–Crippen LogP) is 7.47. The first-order valence-corrected chi connectivity index (χ1v) is 17.4. The van der Waals surface area contributed by atoms with Crippen LogP contribution in [-0.4, -0.2) is 52.2 Å². The third-order valence-electron chi connectivity index (χ3n) is 9.46. The van der Waals surface area contributed by atoms with E-state index in [0.29, 0.717) is 31.8 Å². The van der Waals surface area contributed by atoms with Crippen molar-refractivity contribution in [2.45, 2.75) is 102 Å². The van der Waals surface area contributed by atoms with Crippen LogP contribution in [0.4, 0.5) is 0 Å². The first-order valence-electron chi connectivity index (χ1n) is 17.4. The highest BCUT2D eigenvalue weighted by molar-refractivity contribution is 5.76. The summed E-state index contributed by atoms with van der Waals surface area (Å²) in [4.78, 5) is 25.6. The van der Waals surface area contributed by atoms with Gasteiger partial charge in [0, 0.05) is 50.5 Å². The molecule has 0 aromatic heterocycles. The number of hydrogen-bond acceptors (Lipinski definition) is 6. The molecule has 2 aliphatic rings. The van der Waals surface area contributed by atoms with Crippen molar-refractivity contribution in [1.82, 2.24) is 10.2 Å². The maximum atomic E-state index is 12.4. The monoisotopic (exact) mass is 654 g/mol. The Morgan fingerprint density at radius 2 is 1.60 bits per heavy atom. The maximum absolute atomic E-state index is 12.4. The standard InChI is InChI=1S/C40H50N2O6/c1-2-22-42(35-14-6-7-15-35)27-36-25-37(31-20-18-29(28-43)19-21-31)48-40(47-36)34-13-9-12-33(24-34)32-11-8-10-30(23-32)26-41-38(44)16-4-3-5-17-39(45)46/h2,8-13,18-21,23-24,35-37,40,43H,1,3-7,14-17,22,25-28H2,(H,41,44)(H,45,46). The van der Waals surface area contributed by atoms with Gasteiger partial charge in [0.15, 0.2) is 6.29 Å². The minimum atomic E-state index is -0.799. The lowest BCUT2D eigenvalue weighted by atomic mass is 9.98. The second-order valence-corrected chi connectivity index (χ2v) is 13.1. The number of ether oxygens (including phenoxy) is 2. The van der Waals surface area contributed by atoms with E-state index in [1.165, 1.54) is 25.7 Å². The molecule has 2 fully saturated rings. The van der Waals surface area contributed by atoms with Gasteiger partial charge < -0.3 is 25.0 Å². The van der Waals surface area contributed by atoms with E-state index in [9.17, 15) is 14.7 Å². The molecular weight excluding hydrogens is 604 g/mol. The van der Waals surface area contributed by atoms with Gasteiger partial charge >= 0.3 is 5.97 Å². The second-order valence-electron chi connectivity index (χ2n) is 13.1. The van der Waals surface area contributed by atoms with E-state index in [4.69, 9.17) is 14.6 Å². The van der Waals surface area contributed by atoms with Gasteiger partial charge in [0.1, 0.15) is 0 Å². The molecule has 48 heavy (non-hydrogen) atoms. The number of benzene rings is 3. The van der Waals surface area contributed by atoms with Crippen molar-refractivity contribution in [2.24, 2.45) is 0 Å². The summed E-state index contributed by atoms with van der Waals surface area (Å²) in [5.41, 5.74) is 5.98. The molecule has 1 amide bonds. The van der Waals surface area contributed by atoms with E-state index in [2.05, 4.69) is 47.1 Å². The number of aliphatic hydroxyl groups excluding tert-OH is 1. The van der Waals surface area contributed by atoms with Crippen LogP contribution in [0, 0.1) is 0 Å². The SMILES string of the molecule is C=CCN(CC1CC(c2ccc(CO)cc2)OC(c2cccc(-c3cccc(CNC(=O)CCCCCC(=O)O)c3)c2)O1)C1CCCC1. The van der Waals surface area contributed by atoms with Crippen LogP contribution in [0.2, 0.25) is 0 Å². The van der Waals surface area contributed by atoms with Crippen LogP contribution >= 0.6 is 0 Å². The lowest BCUT2D eigenvalue weighted by molar-refractivity contribution is -0.253. The molecule has 0 radical (unpaired) electrons. The molecule has 3 aromatic rings. The lowest BCUT2D eigenvalue weighted by Gasteiger charge is -2.39. The molecule has 1 aliphatic carbocycles. The second kappa shape index (κ2) is 18.1. The molecule has 8 nitrogen and oxygen atoms in total. The minimum absolute atomic E-state index is 0.00854. The average Bonchev–Trinajstić information content (AvgIpc) is 3.66. The molecular formula is C40H50N2O6. The molecule has 3 atom stereocenters. The number of aliphatic hydroxyl groups is 1. The summed E-state index contributed by atoms with van der Waals surface area (Å²) >= 11 is 0. The molecule has 0 bridgehead atoms. The summed E-state index contributed by atoms with van der Waals surface area (Å²) in [7, 11) is 0. The molecule has 8 heteroatoms. The minimum Gasteiger partial charge on any atom is -0.481 e.